The Morgan fingerprint density at radius 2 is 1.35 bits per heavy atom. The number of nitrogens with zero attached hydrogens (tertiary/aromatic N) is 2. The Morgan fingerprint density at radius 3 is 1.65 bits per heavy atom. The Hall–Kier alpha value is -0.690. The molecule has 23 heavy (non-hydrogen) atoms. The van der Waals surface area contributed by atoms with Crippen LogP contribution < -0.4 is 0 Å². The third kappa shape index (κ3) is 8.11. The molecule has 0 unspecified atom stereocenters. The molecule has 0 spiro atoms. The molecule has 6 heteroatoms. The predicted molar refractivity (Wildman–Crippen MR) is 91.7 cm³/mol. The first kappa shape index (κ1) is 20.4. The molecule has 1 heterocycles. The van der Waals surface area contributed by atoms with Crippen LogP contribution in [-0.4, -0.2) is 67.7 Å². The Morgan fingerprint density at radius 1 is 0.957 bits per heavy atom. The molecule has 1 saturated heterocycles. The van der Waals surface area contributed by atoms with Crippen LogP contribution in [0.2, 0.25) is 0 Å². The topological polar surface area (TPSA) is 52.5 Å². The van der Waals surface area contributed by atoms with Crippen molar-refractivity contribution in [3.63, 3.8) is 0 Å². The first-order valence-electron chi connectivity index (χ1n) is 8.16. The quantitative estimate of drug-likeness (QED) is 0.553. The first-order valence-corrected chi connectivity index (χ1v) is 8.16. The second-order valence-corrected chi connectivity index (χ2v) is 8.27. The fourth-order valence-corrected chi connectivity index (χ4v) is 2.01. The van der Waals surface area contributed by atoms with Gasteiger partial charge in [0, 0.05) is 14.1 Å². The van der Waals surface area contributed by atoms with Crippen LogP contribution in [0.15, 0.2) is 5.10 Å². The lowest BCUT2D eigenvalue weighted by Crippen LogP contribution is -2.37. The van der Waals surface area contributed by atoms with Crippen molar-refractivity contribution in [3.8, 4) is 0 Å². The molecule has 1 aliphatic heterocycles. The standard InChI is InChI=1S/C17H34N2O4/c1-15(2,3)20-10-13-14(11-21-16(4,5)6)23-17(7,22-13)12-18-19(8)9/h12-14H,10-11H2,1-9H3/b18-12+/t13-,14-/m0/s1. The second kappa shape index (κ2) is 7.47. The summed E-state index contributed by atoms with van der Waals surface area (Å²) < 4.78 is 23.9. The summed E-state index contributed by atoms with van der Waals surface area (Å²) in [5, 5.41) is 5.95. The molecule has 0 aromatic rings. The maximum absolute atomic E-state index is 6.07. The smallest absolute Gasteiger partial charge is 0.204 e. The van der Waals surface area contributed by atoms with Gasteiger partial charge in [-0.1, -0.05) is 0 Å². The van der Waals surface area contributed by atoms with E-state index in [-0.39, 0.29) is 23.4 Å². The molecular formula is C17H34N2O4. The van der Waals surface area contributed by atoms with Crippen molar-refractivity contribution in [2.45, 2.75) is 77.7 Å². The van der Waals surface area contributed by atoms with Crippen LogP contribution in [0.5, 0.6) is 0 Å². The van der Waals surface area contributed by atoms with Crippen LogP contribution in [0.25, 0.3) is 0 Å². The minimum atomic E-state index is -0.873. The van der Waals surface area contributed by atoms with E-state index in [9.17, 15) is 0 Å². The zero-order valence-electron chi connectivity index (χ0n) is 16.2. The van der Waals surface area contributed by atoms with Crippen molar-refractivity contribution in [2.24, 2.45) is 5.10 Å². The van der Waals surface area contributed by atoms with E-state index < -0.39 is 5.79 Å². The van der Waals surface area contributed by atoms with E-state index in [1.807, 2.05) is 62.6 Å². The molecule has 0 aromatic carbocycles. The summed E-state index contributed by atoms with van der Waals surface area (Å²) in [6.07, 6.45) is 1.28. The van der Waals surface area contributed by atoms with Crippen molar-refractivity contribution < 1.29 is 18.9 Å². The molecule has 0 radical (unpaired) electrons. The van der Waals surface area contributed by atoms with Gasteiger partial charge in [-0.25, -0.2) is 0 Å². The van der Waals surface area contributed by atoms with E-state index in [1.54, 1.807) is 11.2 Å². The minimum Gasteiger partial charge on any atom is -0.373 e. The van der Waals surface area contributed by atoms with Gasteiger partial charge in [-0.2, -0.15) is 5.10 Å². The average Bonchev–Trinajstić information content (AvgIpc) is 2.68. The first-order chi connectivity index (χ1) is 10.3. The summed E-state index contributed by atoms with van der Waals surface area (Å²) in [7, 11) is 3.71. The highest BCUT2D eigenvalue weighted by molar-refractivity contribution is 5.66. The third-order valence-electron chi connectivity index (χ3n) is 3.07. The van der Waals surface area contributed by atoms with Gasteiger partial charge in [0.05, 0.1) is 30.6 Å². The van der Waals surface area contributed by atoms with E-state index in [0.717, 1.165) is 0 Å². The molecule has 0 saturated carbocycles. The number of ether oxygens (including phenoxy) is 4. The van der Waals surface area contributed by atoms with E-state index in [1.165, 1.54) is 0 Å². The van der Waals surface area contributed by atoms with Gasteiger partial charge in [0.2, 0.25) is 5.79 Å². The Kier molecular flexibility index (Phi) is 6.61. The summed E-state index contributed by atoms with van der Waals surface area (Å²) in [6.45, 7) is 14.9. The van der Waals surface area contributed by atoms with Crippen molar-refractivity contribution in [3.05, 3.63) is 0 Å². The van der Waals surface area contributed by atoms with Gasteiger partial charge in [-0.15, -0.1) is 0 Å². The molecule has 6 nitrogen and oxygen atoms in total. The largest absolute Gasteiger partial charge is 0.373 e. The van der Waals surface area contributed by atoms with Crippen molar-refractivity contribution in [1.82, 2.24) is 5.01 Å². The van der Waals surface area contributed by atoms with Crippen LogP contribution in [0.1, 0.15) is 48.5 Å². The zero-order valence-corrected chi connectivity index (χ0v) is 16.2. The lowest BCUT2D eigenvalue weighted by Gasteiger charge is -2.26. The van der Waals surface area contributed by atoms with Gasteiger partial charge in [-0.05, 0) is 48.5 Å². The lowest BCUT2D eigenvalue weighted by molar-refractivity contribution is -0.122. The Labute approximate surface area is 141 Å². The van der Waals surface area contributed by atoms with Gasteiger partial charge < -0.3 is 24.0 Å². The monoisotopic (exact) mass is 330 g/mol. The molecule has 0 N–H and O–H groups in total. The molecule has 1 aliphatic rings. The average molecular weight is 330 g/mol. The van der Waals surface area contributed by atoms with E-state index in [0.29, 0.717) is 13.2 Å². The van der Waals surface area contributed by atoms with E-state index >= 15 is 0 Å². The molecule has 1 rings (SSSR count). The van der Waals surface area contributed by atoms with Crippen molar-refractivity contribution in [2.75, 3.05) is 27.3 Å². The number of rotatable bonds is 6. The van der Waals surface area contributed by atoms with Crippen LogP contribution in [0.3, 0.4) is 0 Å². The molecule has 136 valence electrons. The van der Waals surface area contributed by atoms with Crippen LogP contribution in [0.4, 0.5) is 0 Å². The molecule has 2 atom stereocenters. The summed E-state index contributed by atoms with van der Waals surface area (Å²) in [4.78, 5) is 0. The molecule has 0 aliphatic carbocycles. The number of hydrogen-bond acceptors (Lipinski definition) is 6. The predicted octanol–water partition coefficient (Wildman–Crippen LogP) is 2.66. The van der Waals surface area contributed by atoms with Gasteiger partial charge in [-0.3, -0.25) is 0 Å². The summed E-state index contributed by atoms with van der Waals surface area (Å²) in [5.74, 6) is -0.873. The van der Waals surface area contributed by atoms with Crippen LogP contribution in [0, 0.1) is 0 Å². The van der Waals surface area contributed by atoms with Crippen LogP contribution >= 0.6 is 0 Å². The normalized spacial score (nSPS) is 25.3. The van der Waals surface area contributed by atoms with Crippen molar-refractivity contribution >= 4 is 6.21 Å². The van der Waals surface area contributed by atoms with E-state index in [2.05, 4.69) is 5.10 Å². The minimum absolute atomic E-state index is 0.199. The second-order valence-electron chi connectivity index (χ2n) is 8.27. The third-order valence-corrected chi connectivity index (χ3v) is 3.07. The highest BCUT2D eigenvalue weighted by atomic mass is 16.8. The molecule has 0 aromatic heterocycles. The van der Waals surface area contributed by atoms with Gasteiger partial charge in [0.25, 0.3) is 0 Å². The summed E-state index contributed by atoms with van der Waals surface area (Å²) in [5.41, 5.74) is -0.453. The maximum Gasteiger partial charge on any atom is 0.204 e. The fraction of sp³-hybridized carbons (Fsp3) is 0.941. The summed E-state index contributed by atoms with van der Waals surface area (Å²) in [6, 6.07) is 0. The molecule has 0 bridgehead atoms. The molecule has 1 fully saturated rings. The maximum atomic E-state index is 6.07. The Balaban J connectivity index is 2.76. The van der Waals surface area contributed by atoms with Gasteiger partial charge in [0.1, 0.15) is 12.2 Å². The highest BCUT2D eigenvalue weighted by Crippen LogP contribution is 2.29. The molecule has 0 amide bonds. The number of hydrazone groups is 1. The van der Waals surface area contributed by atoms with Gasteiger partial charge in [0.15, 0.2) is 0 Å². The van der Waals surface area contributed by atoms with Crippen LogP contribution in [-0.2, 0) is 18.9 Å². The highest BCUT2D eigenvalue weighted by Gasteiger charge is 2.44. The lowest BCUT2D eigenvalue weighted by atomic mass is 10.1. The Bertz CT molecular complexity index is 370. The zero-order chi connectivity index (χ0) is 17.9. The molecular weight excluding hydrogens is 296 g/mol. The SMILES string of the molecule is CN(C)/N=C/C1(C)O[C@@H](COC(C)(C)C)[C@H](COC(C)(C)C)O1. The summed E-state index contributed by atoms with van der Waals surface area (Å²) >= 11 is 0. The fourth-order valence-electron chi connectivity index (χ4n) is 2.01. The van der Waals surface area contributed by atoms with E-state index in [4.69, 9.17) is 18.9 Å². The van der Waals surface area contributed by atoms with Gasteiger partial charge >= 0.3 is 0 Å². The number of hydrogen-bond donors (Lipinski definition) is 0. The van der Waals surface area contributed by atoms with Crippen molar-refractivity contribution in [1.29, 1.82) is 0 Å².